The van der Waals surface area contributed by atoms with Gasteiger partial charge in [-0.15, -0.1) is 0 Å². The Balaban J connectivity index is 1.97. The van der Waals surface area contributed by atoms with Crippen LogP contribution >= 0.6 is 15.9 Å². The normalized spacial score (nSPS) is 23.4. The smallest absolute Gasteiger partial charge is 0.227 e. The average molecular weight is 325 g/mol. The maximum atomic E-state index is 12.3. The summed E-state index contributed by atoms with van der Waals surface area (Å²) in [5.41, 5.74) is 6.84. The Morgan fingerprint density at radius 1 is 1.53 bits per heavy atom. The summed E-state index contributed by atoms with van der Waals surface area (Å²) in [7, 11) is 0. The van der Waals surface area contributed by atoms with Crippen LogP contribution in [0.5, 0.6) is 0 Å². The Morgan fingerprint density at radius 3 is 3.00 bits per heavy atom. The van der Waals surface area contributed by atoms with Crippen molar-refractivity contribution in [2.45, 2.75) is 19.8 Å². The second-order valence-corrected chi connectivity index (χ2v) is 6.32. The molecular weight excluding hydrogens is 304 g/mol. The van der Waals surface area contributed by atoms with E-state index in [0.29, 0.717) is 24.8 Å². The summed E-state index contributed by atoms with van der Waals surface area (Å²) in [4.78, 5) is 14.3. The van der Waals surface area contributed by atoms with Crippen molar-refractivity contribution in [3.05, 3.63) is 34.3 Å². The fourth-order valence-corrected chi connectivity index (χ4v) is 3.06. The van der Waals surface area contributed by atoms with Gasteiger partial charge < -0.3 is 10.6 Å². The van der Waals surface area contributed by atoms with Gasteiger partial charge in [0.1, 0.15) is 0 Å². The van der Waals surface area contributed by atoms with E-state index in [1.54, 1.807) is 0 Å². The van der Waals surface area contributed by atoms with Crippen LogP contribution in [0.3, 0.4) is 0 Å². The van der Waals surface area contributed by atoms with E-state index in [-0.39, 0.29) is 5.91 Å². The molecule has 2 N–H and O–H groups in total. The predicted octanol–water partition coefficient (Wildman–Crippen LogP) is 2.43. The lowest BCUT2D eigenvalue weighted by Gasteiger charge is -2.36. The van der Waals surface area contributed by atoms with E-state index in [2.05, 4.69) is 22.9 Å². The van der Waals surface area contributed by atoms with Gasteiger partial charge in [-0.05, 0) is 42.5 Å². The number of hydrogen-bond donors (Lipinski definition) is 1. The first kappa shape index (κ1) is 14.5. The molecule has 0 radical (unpaired) electrons. The number of amides is 1. The molecule has 4 heteroatoms. The van der Waals surface area contributed by atoms with Gasteiger partial charge in [0, 0.05) is 17.6 Å². The van der Waals surface area contributed by atoms with E-state index in [1.807, 2.05) is 29.2 Å². The zero-order valence-electron chi connectivity index (χ0n) is 11.3. The number of piperidine rings is 1. The van der Waals surface area contributed by atoms with Crippen LogP contribution in [-0.2, 0) is 11.2 Å². The molecule has 0 aliphatic carbocycles. The first-order valence-electron chi connectivity index (χ1n) is 6.82. The molecule has 0 spiro atoms. The number of carbonyl (C=O) groups excluding carboxylic acids is 1. The Kier molecular flexibility index (Phi) is 4.99. The molecule has 1 fully saturated rings. The Hall–Kier alpha value is -0.870. The SMILES string of the molecule is CC1CCN(C(=O)Cc2cccc(Br)c2)CC1CN. The van der Waals surface area contributed by atoms with Crippen molar-refractivity contribution in [3.63, 3.8) is 0 Å². The van der Waals surface area contributed by atoms with Crippen molar-refractivity contribution in [3.8, 4) is 0 Å². The number of nitrogens with two attached hydrogens (primary N) is 1. The number of benzene rings is 1. The van der Waals surface area contributed by atoms with Crippen LogP contribution in [0.2, 0.25) is 0 Å². The number of likely N-dealkylation sites (tertiary alicyclic amines) is 1. The van der Waals surface area contributed by atoms with Crippen molar-refractivity contribution in [1.82, 2.24) is 4.90 Å². The molecule has 1 amide bonds. The molecule has 0 saturated carbocycles. The van der Waals surface area contributed by atoms with Crippen LogP contribution < -0.4 is 5.73 Å². The van der Waals surface area contributed by atoms with Gasteiger partial charge in [0.2, 0.25) is 5.91 Å². The monoisotopic (exact) mass is 324 g/mol. The highest BCUT2D eigenvalue weighted by Gasteiger charge is 2.27. The summed E-state index contributed by atoms with van der Waals surface area (Å²) in [6, 6.07) is 7.94. The van der Waals surface area contributed by atoms with Crippen LogP contribution in [0, 0.1) is 11.8 Å². The van der Waals surface area contributed by atoms with Crippen LogP contribution in [0.1, 0.15) is 18.9 Å². The first-order chi connectivity index (χ1) is 9.10. The van der Waals surface area contributed by atoms with Crippen LogP contribution in [0.25, 0.3) is 0 Å². The van der Waals surface area contributed by atoms with E-state index in [9.17, 15) is 4.79 Å². The number of nitrogens with zero attached hydrogens (tertiary/aromatic N) is 1. The standard InChI is InChI=1S/C15H21BrN2O/c1-11-5-6-18(10-13(11)9-17)15(19)8-12-3-2-4-14(16)7-12/h2-4,7,11,13H,5-6,8-10,17H2,1H3. The molecule has 1 heterocycles. The predicted molar refractivity (Wildman–Crippen MR) is 80.8 cm³/mol. The van der Waals surface area contributed by atoms with Crippen LogP contribution in [0.4, 0.5) is 0 Å². The van der Waals surface area contributed by atoms with E-state index in [4.69, 9.17) is 5.73 Å². The summed E-state index contributed by atoms with van der Waals surface area (Å²) in [6.07, 6.45) is 1.54. The molecule has 19 heavy (non-hydrogen) atoms. The summed E-state index contributed by atoms with van der Waals surface area (Å²) in [6.45, 7) is 4.57. The van der Waals surface area contributed by atoms with Gasteiger partial charge in [-0.2, -0.15) is 0 Å². The zero-order valence-corrected chi connectivity index (χ0v) is 12.9. The maximum Gasteiger partial charge on any atom is 0.227 e. The molecule has 2 atom stereocenters. The summed E-state index contributed by atoms with van der Waals surface area (Å²) < 4.78 is 1.02. The summed E-state index contributed by atoms with van der Waals surface area (Å²) in [5, 5.41) is 0. The third-order valence-electron chi connectivity index (χ3n) is 4.01. The molecular formula is C15H21BrN2O. The molecule has 2 unspecified atom stereocenters. The molecule has 1 saturated heterocycles. The Labute approximate surface area is 123 Å². The summed E-state index contributed by atoms with van der Waals surface area (Å²) in [5.74, 6) is 1.28. The van der Waals surface area contributed by atoms with Crippen molar-refractivity contribution in [2.24, 2.45) is 17.6 Å². The molecule has 1 aliphatic heterocycles. The van der Waals surface area contributed by atoms with Crippen LogP contribution in [0.15, 0.2) is 28.7 Å². The largest absolute Gasteiger partial charge is 0.342 e. The van der Waals surface area contributed by atoms with E-state index < -0.39 is 0 Å². The average Bonchev–Trinajstić information content (AvgIpc) is 2.39. The Bertz CT molecular complexity index is 450. The number of hydrogen-bond acceptors (Lipinski definition) is 2. The number of halogens is 1. The van der Waals surface area contributed by atoms with Gasteiger partial charge in [0.15, 0.2) is 0 Å². The fourth-order valence-electron chi connectivity index (χ4n) is 2.62. The van der Waals surface area contributed by atoms with Gasteiger partial charge in [0.25, 0.3) is 0 Å². The highest BCUT2D eigenvalue weighted by Crippen LogP contribution is 2.23. The third kappa shape index (κ3) is 3.80. The van der Waals surface area contributed by atoms with Gasteiger partial charge in [-0.1, -0.05) is 35.0 Å². The third-order valence-corrected chi connectivity index (χ3v) is 4.51. The molecule has 0 bridgehead atoms. The van der Waals surface area contributed by atoms with Gasteiger partial charge in [-0.25, -0.2) is 0 Å². The molecule has 2 rings (SSSR count). The zero-order chi connectivity index (χ0) is 13.8. The number of carbonyl (C=O) groups is 1. The highest BCUT2D eigenvalue weighted by atomic mass is 79.9. The minimum atomic E-state index is 0.212. The Morgan fingerprint density at radius 2 is 2.32 bits per heavy atom. The van der Waals surface area contributed by atoms with Crippen LogP contribution in [-0.4, -0.2) is 30.4 Å². The molecule has 1 aromatic rings. The second-order valence-electron chi connectivity index (χ2n) is 5.41. The quantitative estimate of drug-likeness (QED) is 0.928. The highest BCUT2D eigenvalue weighted by molar-refractivity contribution is 9.10. The number of rotatable bonds is 3. The fraction of sp³-hybridized carbons (Fsp3) is 0.533. The maximum absolute atomic E-state index is 12.3. The molecule has 1 aromatic carbocycles. The van der Waals surface area contributed by atoms with E-state index in [0.717, 1.165) is 29.5 Å². The van der Waals surface area contributed by atoms with Gasteiger partial charge in [0.05, 0.1) is 6.42 Å². The van der Waals surface area contributed by atoms with Crippen molar-refractivity contribution in [2.75, 3.05) is 19.6 Å². The minimum Gasteiger partial charge on any atom is -0.342 e. The van der Waals surface area contributed by atoms with Crippen molar-refractivity contribution >= 4 is 21.8 Å². The summed E-state index contributed by atoms with van der Waals surface area (Å²) >= 11 is 3.44. The lowest BCUT2D eigenvalue weighted by atomic mass is 9.87. The lowest BCUT2D eigenvalue weighted by Crippen LogP contribution is -2.46. The van der Waals surface area contributed by atoms with Crippen molar-refractivity contribution in [1.29, 1.82) is 0 Å². The van der Waals surface area contributed by atoms with Gasteiger partial charge in [-0.3, -0.25) is 4.79 Å². The first-order valence-corrected chi connectivity index (χ1v) is 7.61. The van der Waals surface area contributed by atoms with E-state index >= 15 is 0 Å². The molecule has 104 valence electrons. The van der Waals surface area contributed by atoms with E-state index in [1.165, 1.54) is 0 Å². The topological polar surface area (TPSA) is 46.3 Å². The van der Waals surface area contributed by atoms with Gasteiger partial charge >= 0.3 is 0 Å². The second kappa shape index (κ2) is 6.53. The minimum absolute atomic E-state index is 0.212. The molecule has 0 aromatic heterocycles. The molecule has 1 aliphatic rings. The lowest BCUT2D eigenvalue weighted by molar-refractivity contribution is -0.132. The molecule has 3 nitrogen and oxygen atoms in total. The van der Waals surface area contributed by atoms with Crippen molar-refractivity contribution < 1.29 is 4.79 Å².